The highest BCUT2D eigenvalue weighted by Crippen LogP contribution is 2.12. The first-order valence-electron chi connectivity index (χ1n) is 3.15. The van der Waals surface area contributed by atoms with Crippen molar-refractivity contribution in [3.63, 3.8) is 0 Å². The van der Waals surface area contributed by atoms with E-state index >= 15 is 0 Å². The molecule has 1 saturated heterocycles. The molecule has 2 aliphatic heterocycles. The van der Waals surface area contributed by atoms with E-state index in [2.05, 4.69) is 15.2 Å². The minimum Gasteiger partial charge on any atom is -0.371 e. The average Bonchev–Trinajstić information content (AvgIpc) is 2.71. The average molecular weight is 123 g/mol. The molecule has 0 saturated carbocycles. The summed E-state index contributed by atoms with van der Waals surface area (Å²) in [4.78, 5) is 6.33. The highest BCUT2D eigenvalue weighted by molar-refractivity contribution is 5.78. The van der Waals surface area contributed by atoms with Gasteiger partial charge in [0.05, 0.1) is 5.70 Å². The normalized spacial score (nSPS) is 23.1. The molecule has 9 heavy (non-hydrogen) atoms. The second-order valence-corrected chi connectivity index (χ2v) is 2.23. The summed E-state index contributed by atoms with van der Waals surface area (Å²) in [5, 5.41) is 3.05. The van der Waals surface area contributed by atoms with Gasteiger partial charge >= 0.3 is 0 Å². The molecule has 3 heteroatoms. The fraction of sp³-hybridized carbons (Fsp3) is 0.500. The third kappa shape index (κ3) is 0.896. The molecule has 2 rings (SSSR count). The third-order valence-electron chi connectivity index (χ3n) is 1.47. The summed E-state index contributed by atoms with van der Waals surface area (Å²) < 4.78 is 0. The summed E-state index contributed by atoms with van der Waals surface area (Å²) in [5.41, 5.74) is 1.22. The lowest BCUT2D eigenvalue weighted by Crippen LogP contribution is -2.15. The molecule has 0 aliphatic carbocycles. The number of hydrogen-bond acceptors (Lipinski definition) is 3. The van der Waals surface area contributed by atoms with Gasteiger partial charge in [-0.05, 0) is 0 Å². The maximum atomic E-state index is 4.07. The summed E-state index contributed by atoms with van der Waals surface area (Å²) in [6.45, 7) is 3.12. The monoisotopic (exact) mass is 123 g/mol. The Labute approximate surface area is 54.1 Å². The van der Waals surface area contributed by atoms with Crippen molar-refractivity contribution in [2.45, 2.75) is 0 Å². The molecule has 0 aromatic heterocycles. The Morgan fingerprint density at radius 3 is 3.00 bits per heavy atom. The van der Waals surface area contributed by atoms with Crippen molar-refractivity contribution in [2.75, 3.05) is 19.8 Å². The van der Waals surface area contributed by atoms with Crippen molar-refractivity contribution >= 4 is 6.21 Å². The molecule has 0 spiro atoms. The quantitative estimate of drug-likeness (QED) is 0.488. The van der Waals surface area contributed by atoms with Crippen molar-refractivity contribution in [2.24, 2.45) is 4.99 Å². The molecule has 48 valence electrons. The van der Waals surface area contributed by atoms with E-state index in [0.717, 1.165) is 6.67 Å². The van der Waals surface area contributed by atoms with Gasteiger partial charge in [-0.3, -0.25) is 4.99 Å². The van der Waals surface area contributed by atoms with E-state index < -0.39 is 0 Å². The topological polar surface area (TPSA) is 27.4 Å². The van der Waals surface area contributed by atoms with Crippen LogP contribution in [0.25, 0.3) is 0 Å². The Balaban J connectivity index is 2.08. The maximum Gasteiger partial charge on any atom is 0.107 e. The Morgan fingerprint density at radius 1 is 1.56 bits per heavy atom. The first-order chi connectivity index (χ1) is 4.47. The van der Waals surface area contributed by atoms with E-state index in [9.17, 15) is 0 Å². The molecule has 2 aliphatic rings. The smallest absolute Gasteiger partial charge is 0.107 e. The number of hydrogen-bond donors (Lipinski definition) is 1. The molecule has 1 N–H and O–H groups in total. The van der Waals surface area contributed by atoms with Crippen LogP contribution in [0.15, 0.2) is 16.9 Å². The predicted molar refractivity (Wildman–Crippen MR) is 36.2 cm³/mol. The molecule has 3 nitrogen and oxygen atoms in total. The van der Waals surface area contributed by atoms with Crippen LogP contribution in [0.5, 0.6) is 0 Å². The predicted octanol–water partition coefficient (Wildman–Crippen LogP) is -0.225. The number of allylic oxidation sites excluding steroid dienone is 1. The second kappa shape index (κ2) is 1.76. The van der Waals surface area contributed by atoms with E-state index in [-0.39, 0.29) is 0 Å². The number of nitrogens with zero attached hydrogens (tertiary/aromatic N) is 2. The van der Waals surface area contributed by atoms with Crippen molar-refractivity contribution in [3.8, 4) is 0 Å². The van der Waals surface area contributed by atoms with Gasteiger partial charge in [0.15, 0.2) is 0 Å². The standard InChI is InChI=1S/C6H9N3/c1-2-9(1)6-3-7-5-8-4-6/h3-4,7H,1-2,5H2. The first kappa shape index (κ1) is 4.85. The molecule has 0 aromatic carbocycles. The second-order valence-electron chi connectivity index (χ2n) is 2.23. The molecule has 0 radical (unpaired) electrons. The molecule has 0 unspecified atom stereocenters. The van der Waals surface area contributed by atoms with E-state index in [1.807, 2.05) is 12.4 Å². The maximum absolute atomic E-state index is 4.07. The van der Waals surface area contributed by atoms with Gasteiger partial charge in [0.25, 0.3) is 0 Å². The third-order valence-corrected chi connectivity index (χ3v) is 1.47. The van der Waals surface area contributed by atoms with Gasteiger partial charge in [0, 0.05) is 25.5 Å². The van der Waals surface area contributed by atoms with Crippen LogP contribution >= 0.6 is 0 Å². The molecular weight excluding hydrogens is 114 g/mol. The van der Waals surface area contributed by atoms with Crippen LogP contribution < -0.4 is 5.32 Å². The molecule has 0 atom stereocenters. The summed E-state index contributed by atoms with van der Waals surface area (Å²) in [7, 11) is 0. The van der Waals surface area contributed by atoms with Gasteiger partial charge in [-0.25, -0.2) is 0 Å². The lowest BCUT2D eigenvalue weighted by molar-refractivity contribution is 0.709. The largest absolute Gasteiger partial charge is 0.371 e. The van der Waals surface area contributed by atoms with E-state index in [4.69, 9.17) is 0 Å². The van der Waals surface area contributed by atoms with Crippen LogP contribution in [0.4, 0.5) is 0 Å². The summed E-state index contributed by atoms with van der Waals surface area (Å²) in [6, 6.07) is 0. The number of rotatable bonds is 1. The van der Waals surface area contributed by atoms with Gasteiger partial charge in [0.2, 0.25) is 0 Å². The highest BCUT2D eigenvalue weighted by Gasteiger charge is 2.19. The zero-order valence-electron chi connectivity index (χ0n) is 5.17. The van der Waals surface area contributed by atoms with Crippen LogP contribution in [-0.2, 0) is 0 Å². The number of aliphatic imine (C=N–C) groups is 1. The Morgan fingerprint density at radius 2 is 2.44 bits per heavy atom. The van der Waals surface area contributed by atoms with Crippen molar-refractivity contribution < 1.29 is 0 Å². The summed E-state index contributed by atoms with van der Waals surface area (Å²) >= 11 is 0. The molecule has 0 bridgehead atoms. The van der Waals surface area contributed by atoms with E-state index in [1.54, 1.807) is 0 Å². The van der Waals surface area contributed by atoms with E-state index in [0.29, 0.717) is 0 Å². The SMILES string of the molecule is C1=NCNC=C1N1CC1. The van der Waals surface area contributed by atoms with Gasteiger partial charge in [0.1, 0.15) is 6.67 Å². The zero-order chi connectivity index (χ0) is 6.10. The molecule has 2 heterocycles. The van der Waals surface area contributed by atoms with Crippen molar-refractivity contribution in [3.05, 3.63) is 11.9 Å². The van der Waals surface area contributed by atoms with Crippen molar-refractivity contribution in [1.29, 1.82) is 0 Å². The highest BCUT2D eigenvalue weighted by atomic mass is 15.3. The first-order valence-corrected chi connectivity index (χ1v) is 3.15. The summed E-state index contributed by atoms with van der Waals surface area (Å²) in [5.74, 6) is 0. The van der Waals surface area contributed by atoms with Gasteiger partial charge in [-0.1, -0.05) is 0 Å². The fourth-order valence-corrected chi connectivity index (χ4v) is 0.860. The van der Waals surface area contributed by atoms with Crippen LogP contribution in [-0.4, -0.2) is 30.9 Å². The lowest BCUT2D eigenvalue weighted by Gasteiger charge is -2.07. The molecule has 1 fully saturated rings. The van der Waals surface area contributed by atoms with Crippen molar-refractivity contribution in [1.82, 2.24) is 10.2 Å². The van der Waals surface area contributed by atoms with Gasteiger partial charge < -0.3 is 10.2 Å². The van der Waals surface area contributed by atoms with Gasteiger partial charge in [-0.2, -0.15) is 0 Å². The van der Waals surface area contributed by atoms with E-state index in [1.165, 1.54) is 18.8 Å². The number of nitrogens with one attached hydrogen (secondary N) is 1. The zero-order valence-corrected chi connectivity index (χ0v) is 5.17. The fourth-order valence-electron chi connectivity index (χ4n) is 0.860. The Kier molecular flexibility index (Phi) is 0.946. The molecule has 0 aromatic rings. The molecular formula is C6H9N3. The minimum atomic E-state index is 0.733. The lowest BCUT2D eigenvalue weighted by atomic mass is 10.5. The molecule has 0 amide bonds. The van der Waals surface area contributed by atoms with Crippen LogP contribution in [0, 0.1) is 0 Å². The minimum absolute atomic E-state index is 0.733. The Bertz CT molecular complexity index is 167. The Hall–Kier alpha value is -0.990. The summed E-state index contributed by atoms with van der Waals surface area (Å²) in [6.07, 6.45) is 3.93. The van der Waals surface area contributed by atoms with Crippen LogP contribution in [0.3, 0.4) is 0 Å². The van der Waals surface area contributed by atoms with Crippen LogP contribution in [0.1, 0.15) is 0 Å². The van der Waals surface area contributed by atoms with Crippen LogP contribution in [0.2, 0.25) is 0 Å². The van der Waals surface area contributed by atoms with Gasteiger partial charge in [-0.15, -0.1) is 0 Å².